The van der Waals surface area contributed by atoms with E-state index in [0.29, 0.717) is 64.9 Å². The van der Waals surface area contributed by atoms with Crippen molar-refractivity contribution in [1.82, 2.24) is 34.9 Å². The Morgan fingerprint density at radius 1 is 1.21 bits per heavy atom. The molecule has 5 heterocycles. The second kappa shape index (κ2) is 13.6. The van der Waals surface area contributed by atoms with Gasteiger partial charge in [-0.15, -0.1) is 0 Å². The summed E-state index contributed by atoms with van der Waals surface area (Å²) in [6, 6.07) is 7.30. The number of carbonyl (C=O) groups excluding carboxylic acids is 1. The molecule has 5 N–H and O–H groups in total. The van der Waals surface area contributed by atoms with Gasteiger partial charge in [-0.25, -0.2) is 14.6 Å². The van der Waals surface area contributed by atoms with Crippen LogP contribution in [0.1, 0.15) is 34.8 Å². The molecule has 224 valence electrons. The van der Waals surface area contributed by atoms with Gasteiger partial charge in [0.25, 0.3) is 12.4 Å². The van der Waals surface area contributed by atoms with Crippen molar-refractivity contribution in [2.75, 3.05) is 51.8 Å². The number of nitrogens with zero attached hydrogens (tertiary/aromatic N) is 6. The summed E-state index contributed by atoms with van der Waals surface area (Å²) in [7, 11) is 1.60. The van der Waals surface area contributed by atoms with E-state index in [9.17, 15) is 4.79 Å². The summed E-state index contributed by atoms with van der Waals surface area (Å²) < 4.78 is 13.3. The Balaban J connectivity index is 0.00000118. The van der Waals surface area contributed by atoms with Crippen LogP contribution in [0.2, 0.25) is 0 Å². The molecule has 4 aromatic rings. The lowest BCUT2D eigenvalue weighted by Gasteiger charge is -2.21. The number of likely N-dealkylation sites (tertiary alicyclic amines) is 1. The van der Waals surface area contributed by atoms with Gasteiger partial charge in [-0.2, -0.15) is 5.10 Å². The smallest absolute Gasteiger partial charge is 0.290 e. The first-order valence-corrected chi connectivity index (χ1v) is 13.8. The van der Waals surface area contributed by atoms with E-state index in [1.54, 1.807) is 36.4 Å². The molecule has 6 rings (SSSR count). The van der Waals surface area contributed by atoms with E-state index >= 15 is 0 Å². The van der Waals surface area contributed by atoms with Crippen LogP contribution >= 0.6 is 0 Å². The molecule has 1 saturated heterocycles. The van der Waals surface area contributed by atoms with Crippen molar-refractivity contribution >= 4 is 34.5 Å². The Morgan fingerprint density at radius 2 is 1.98 bits per heavy atom. The van der Waals surface area contributed by atoms with Gasteiger partial charge >= 0.3 is 0 Å². The number of nitrogens with one attached hydrogen (secondary N) is 2. The topological polar surface area (TPSA) is 183 Å². The lowest BCUT2D eigenvalue weighted by Crippen LogP contribution is -2.33. The summed E-state index contributed by atoms with van der Waals surface area (Å²) in [6.45, 7) is 4.46. The maximum Gasteiger partial charge on any atom is 0.290 e. The van der Waals surface area contributed by atoms with Crippen molar-refractivity contribution in [2.24, 2.45) is 5.73 Å². The minimum Gasteiger partial charge on any atom is -0.494 e. The molecule has 0 saturated carbocycles. The van der Waals surface area contributed by atoms with Crippen LogP contribution in [0.25, 0.3) is 22.2 Å². The zero-order valence-electron chi connectivity index (χ0n) is 23.7. The summed E-state index contributed by atoms with van der Waals surface area (Å²) in [4.78, 5) is 37.4. The highest BCUT2D eigenvalue weighted by molar-refractivity contribution is 6.05. The van der Waals surface area contributed by atoms with Crippen molar-refractivity contribution < 1.29 is 24.2 Å². The van der Waals surface area contributed by atoms with E-state index in [4.69, 9.17) is 30.2 Å². The Bertz CT molecular complexity index is 1620. The van der Waals surface area contributed by atoms with Crippen molar-refractivity contribution in [3.63, 3.8) is 0 Å². The number of ether oxygens (including phenoxy) is 2. The molecule has 0 atom stereocenters. The van der Waals surface area contributed by atoms with Crippen LogP contribution in [0.4, 0.5) is 5.69 Å². The van der Waals surface area contributed by atoms with Crippen molar-refractivity contribution in [1.29, 1.82) is 0 Å². The van der Waals surface area contributed by atoms with Crippen LogP contribution in [0.15, 0.2) is 49.1 Å². The monoisotopic (exact) mass is 587 g/mol. The highest BCUT2D eigenvalue weighted by Gasteiger charge is 2.24. The third-order valence-corrected chi connectivity index (χ3v) is 7.13. The van der Waals surface area contributed by atoms with Gasteiger partial charge in [0.05, 0.1) is 35.0 Å². The fourth-order valence-corrected chi connectivity index (χ4v) is 5.12. The Labute approximate surface area is 247 Å². The molecule has 2 aliphatic rings. The molecule has 1 fully saturated rings. The highest BCUT2D eigenvalue weighted by Crippen LogP contribution is 2.38. The zero-order chi connectivity index (χ0) is 30.2. The number of benzene rings is 1. The van der Waals surface area contributed by atoms with Crippen LogP contribution in [-0.2, 0) is 4.79 Å². The van der Waals surface area contributed by atoms with Gasteiger partial charge in [-0.05, 0) is 38.1 Å². The largest absolute Gasteiger partial charge is 0.494 e. The first-order valence-electron chi connectivity index (χ1n) is 13.8. The Morgan fingerprint density at radius 3 is 2.70 bits per heavy atom. The normalized spacial score (nSPS) is 14.6. The van der Waals surface area contributed by atoms with Gasteiger partial charge in [0.2, 0.25) is 0 Å². The Hall–Kier alpha value is -5.24. The number of carboxylic acid groups (broad SMARTS) is 1. The van der Waals surface area contributed by atoms with E-state index in [-0.39, 0.29) is 18.1 Å². The van der Waals surface area contributed by atoms with E-state index < -0.39 is 0 Å². The molecular formula is C29H33N9O5. The number of fused-ring (bicyclic) bond motifs is 2. The maximum atomic E-state index is 13.4. The SMILES string of the molecule is COc1cc2c(cc1-n1nc(C(=O)NCCN3CCCC3)c3cnc(/C(=C/N)c4ncccn4)cc31)OCCN2.O=CO. The standard InChI is InChI=1S/C28H31N9O3.CH2O2/c1-39-25-14-21-24(40-12-8-30-21)15-23(25)37-22-13-20(18(16-29)27-31-5-4-6-32-27)34-17-19(22)26(35-37)28(38)33-7-11-36-9-2-3-10-36;2-1-3/h4-6,13-17,30H,2-3,7-12,29H2,1H3,(H,33,38);1H,(H,2,3)/b18-16-;. The molecule has 0 aliphatic carbocycles. The number of rotatable bonds is 8. The lowest BCUT2D eigenvalue weighted by molar-refractivity contribution is -0.122. The van der Waals surface area contributed by atoms with Crippen LogP contribution < -0.4 is 25.8 Å². The van der Waals surface area contributed by atoms with Gasteiger partial charge in [-0.1, -0.05) is 0 Å². The van der Waals surface area contributed by atoms with E-state index in [1.807, 2.05) is 18.2 Å². The number of amides is 1. The number of pyridine rings is 1. The molecule has 1 amide bonds. The van der Waals surface area contributed by atoms with E-state index in [1.165, 1.54) is 19.0 Å². The number of hydrogen-bond donors (Lipinski definition) is 4. The predicted molar refractivity (Wildman–Crippen MR) is 159 cm³/mol. The first kappa shape index (κ1) is 29.3. The van der Waals surface area contributed by atoms with E-state index in [2.05, 4.69) is 30.5 Å². The molecule has 2 aliphatic heterocycles. The summed E-state index contributed by atoms with van der Waals surface area (Å²) in [5.74, 6) is 1.42. The molecule has 1 aromatic carbocycles. The fourth-order valence-electron chi connectivity index (χ4n) is 5.12. The average molecular weight is 588 g/mol. The molecule has 14 heteroatoms. The summed E-state index contributed by atoms with van der Waals surface area (Å²) in [5, 5.41) is 18.6. The van der Waals surface area contributed by atoms with Crippen molar-refractivity contribution in [2.45, 2.75) is 12.8 Å². The minimum atomic E-state index is -0.270. The number of nitrogens with two attached hydrogens (primary N) is 1. The van der Waals surface area contributed by atoms with Gasteiger partial charge in [0.15, 0.2) is 11.5 Å². The summed E-state index contributed by atoms with van der Waals surface area (Å²) >= 11 is 0. The number of hydrogen-bond acceptors (Lipinski definition) is 11. The zero-order valence-corrected chi connectivity index (χ0v) is 23.7. The number of aromatic nitrogens is 5. The molecule has 0 bridgehead atoms. The van der Waals surface area contributed by atoms with Crippen LogP contribution in [0.3, 0.4) is 0 Å². The van der Waals surface area contributed by atoms with E-state index in [0.717, 1.165) is 25.3 Å². The maximum absolute atomic E-state index is 13.4. The second-order valence-corrected chi connectivity index (χ2v) is 9.71. The van der Waals surface area contributed by atoms with Crippen LogP contribution in [-0.4, -0.2) is 93.6 Å². The third-order valence-electron chi connectivity index (χ3n) is 7.13. The van der Waals surface area contributed by atoms with Gasteiger partial charge in [0, 0.05) is 56.6 Å². The molecule has 0 unspecified atom stereocenters. The molecular weight excluding hydrogens is 554 g/mol. The molecule has 0 spiro atoms. The molecule has 3 aromatic heterocycles. The third kappa shape index (κ3) is 6.33. The Kier molecular flexibility index (Phi) is 9.26. The van der Waals surface area contributed by atoms with Gasteiger partial charge in [-0.3, -0.25) is 14.6 Å². The van der Waals surface area contributed by atoms with Gasteiger partial charge in [0.1, 0.15) is 23.8 Å². The second-order valence-electron chi connectivity index (χ2n) is 9.71. The fraction of sp³-hybridized carbons (Fsp3) is 0.310. The highest BCUT2D eigenvalue weighted by atomic mass is 16.5. The van der Waals surface area contributed by atoms with Gasteiger partial charge < -0.3 is 35.8 Å². The van der Waals surface area contributed by atoms with Crippen molar-refractivity contribution in [3.8, 4) is 17.2 Å². The number of carbonyl (C=O) groups is 2. The summed E-state index contributed by atoms with van der Waals surface area (Å²) in [5.41, 5.74) is 9.46. The lowest BCUT2D eigenvalue weighted by atomic mass is 10.1. The molecule has 43 heavy (non-hydrogen) atoms. The number of anilines is 1. The van der Waals surface area contributed by atoms with Crippen LogP contribution in [0, 0.1) is 0 Å². The molecule has 0 radical (unpaired) electrons. The minimum absolute atomic E-state index is 0.250. The van der Waals surface area contributed by atoms with Crippen LogP contribution in [0.5, 0.6) is 11.5 Å². The molecule has 14 nitrogen and oxygen atoms in total. The average Bonchev–Trinajstić information content (AvgIpc) is 3.70. The predicted octanol–water partition coefficient (Wildman–Crippen LogP) is 1.90. The first-order chi connectivity index (χ1) is 21.1. The van der Waals surface area contributed by atoms with Crippen molar-refractivity contribution in [3.05, 3.63) is 66.3 Å². The summed E-state index contributed by atoms with van der Waals surface area (Å²) in [6.07, 6.45) is 8.75. The number of methoxy groups -OCH3 is 1. The quantitative estimate of drug-likeness (QED) is 0.220.